The molecule has 7 aromatic carbocycles. The number of hydrogen-bond acceptors (Lipinski definition) is 4. The zero-order valence-corrected chi connectivity index (χ0v) is 26.2. The van der Waals surface area contributed by atoms with E-state index in [9.17, 15) is 0 Å². The van der Waals surface area contributed by atoms with E-state index in [0.717, 1.165) is 38.8 Å². The number of thiophene rings is 1. The number of hydrogen-bond donors (Lipinski definition) is 0. The van der Waals surface area contributed by atoms with Crippen molar-refractivity contribution in [3.63, 3.8) is 0 Å². The Morgan fingerprint density at radius 2 is 0.872 bits per heavy atom. The zero-order valence-electron chi connectivity index (χ0n) is 25.3. The maximum Gasteiger partial charge on any atom is 0.166 e. The first-order chi connectivity index (χ1) is 23.3. The highest BCUT2D eigenvalue weighted by Crippen LogP contribution is 2.44. The summed E-state index contributed by atoms with van der Waals surface area (Å²) < 4.78 is 2.44. The Bertz CT molecular complexity index is 2550. The van der Waals surface area contributed by atoms with E-state index in [-0.39, 0.29) is 0 Å². The highest BCUT2D eigenvalue weighted by Gasteiger charge is 2.20. The molecule has 2 aromatic heterocycles. The lowest BCUT2D eigenvalue weighted by atomic mass is 9.99. The highest BCUT2D eigenvalue weighted by molar-refractivity contribution is 7.26. The maximum atomic E-state index is 5.25. The van der Waals surface area contributed by atoms with Crippen molar-refractivity contribution >= 4 is 42.3 Å². The fraction of sp³-hybridized carbons (Fsp3) is 0. The summed E-state index contributed by atoms with van der Waals surface area (Å²) in [5, 5.41) is 4.77. The molecule has 220 valence electrons. The molecule has 0 aliphatic rings. The van der Waals surface area contributed by atoms with Crippen LogP contribution in [0, 0.1) is 0 Å². The fourth-order valence-electron chi connectivity index (χ4n) is 6.40. The summed E-state index contributed by atoms with van der Waals surface area (Å²) in [4.78, 5) is 15.6. The van der Waals surface area contributed by atoms with Crippen molar-refractivity contribution in [3.8, 4) is 56.4 Å². The number of benzene rings is 7. The SMILES string of the molecule is c1ccc(-c2ccc(-c3nc(-c4cccc(-c5ccccc5)c4)nc(-c4c5ccccc5cc5c4sc4ccccc45)n3)cc2)cc1. The van der Waals surface area contributed by atoms with Gasteiger partial charge in [0.05, 0.1) is 0 Å². The summed E-state index contributed by atoms with van der Waals surface area (Å²) >= 11 is 1.80. The second kappa shape index (κ2) is 11.4. The maximum absolute atomic E-state index is 5.25. The van der Waals surface area contributed by atoms with Gasteiger partial charge in [0.25, 0.3) is 0 Å². The molecule has 3 nitrogen and oxygen atoms in total. The van der Waals surface area contributed by atoms with E-state index >= 15 is 0 Å². The first kappa shape index (κ1) is 27.3. The quantitative estimate of drug-likeness (QED) is 0.193. The monoisotopic (exact) mass is 617 g/mol. The summed E-state index contributed by atoms with van der Waals surface area (Å²) in [6.07, 6.45) is 0. The highest BCUT2D eigenvalue weighted by atomic mass is 32.1. The summed E-state index contributed by atoms with van der Waals surface area (Å²) in [6, 6.07) is 57.4. The summed E-state index contributed by atoms with van der Waals surface area (Å²) in [5.74, 6) is 1.98. The van der Waals surface area contributed by atoms with E-state index in [1.165, 1.54) is 31.1 Å². The third kappa shape index (κ3) is 4.96. The third-order valence-corrected chi connectivity index (χ3v) is 9.93. The van der Waals surface area contributed by atoms with Gasteiger partial charge in [-0.3, -0.25) is 0 Å². The van der Waals surface area contributed by atoms with Gasteiger partial charge in [0, 0.05) is 36.9 Å². The second-order valence-corrected chi connectivity index (χ2v) is 12.7. The smallest absolute Gasteiger partial charge is 0.166 e. The predicted molar refractivity (Wildman–Crippen MR) is 197 cm³/mol. The average molecular weight is 618 g/mol. The minimum atomic E-state index is 0.650. The van der Waals surface area contributed by atoms with Gasteiger partial charge in [-0.2, -0.15) is 0 Å². The van der Waals surface area contributed by atoms with Crippen molar-refractivity contribution in [1.29, 1.82) is 0 Å². The van der Waals surface area contributed by atoms with Gasteiger partial charge in [-0.15, -0.1) is 11.3 Å². The molecule has 4 heteroatoms. The van der Waals surface area contributed by atoms with Gasteiger partial charge in [0.1, 0.15) is 0 Å². The van der Waals surface area contributed by atoms with Crippen molar-refractivity contribution in [3.05, 3.63) is 164 Å². The third-order valence-electron chi connectivity index (χ3n) is 8.73. The number of nitrogens with zero attached hydrogens (tertiary/aromatic N) is 3. The van der Waals surface area contributed by atoms with Crippen LogP contribution in [0.3, 0.4) is 0 Å². The van der Waals surface area contributed by atoms with Crippen molar-refractivity contribution in [1.82, 2.24) is 15.0 Å². The first-order valence-corrected chi connectivity index (χ1v) is 16.5. The van der Waals surface area contributed by atoms with E-state index in [1.54, 1.807) is 11.3 Å². The van der Waals surface area contributed by atoms with Crippen LogP contribution in [0.1, 0.15) is 0 Å². The van der Waals surface area contributed by atoms with Crippen molar-refractivity contribution in [2.75, 3.05) is 0 Å². The molecular weight excluding hydrogens is 591 g/mol. The van der Waals surface area contributed by atoms with Crippen LogP contribution >= 0.6 is 11.3 Å². The lowest BCUT2D eigenvalue weighted by molar-refractivity contribution is 1.08. The van der Waals surface area contributed by atoms with Gasteiger partial charge in [0.15, 0.2) is 17.5 Å². The Kier molecular flexibility index (Phi) is 6.65. The fourth-order valence-corrected chi connectivity index (χ4v) is 7.64. The Labute approximate surface area is 276 Å². The first-order valence-electron chi connectivity index (χ1n) is 15.7. The topological polar surface area (TPSA) is 38.7 Å². The average Bonchev–Trinajstić information content (AvgIpc) is 3.52. The van der Waals surface area contributed by atoms with Crippen molar-refractivity contribution < 1.29 is 0 Å². The van der Waals surface area contributed by atoms with Crippen LogP contribution in [0.2, 0.25) is 0 Å². The van der Waals surface area contributed by atoms with Gasteiger partial charge in [-0.25, -0.2) is 15.0 Å². The zero-order chi connectivity index (χ0) is 31.2. The van der Waals surface area contributed by atoms with Gasteiger partial charge in [-0.05, 0) is 51.2 Å². The van der Waals surface area contributed by atoms with Crippen LogP contribution in [0.15, 0.2) is 164 Å². The molecule has 0 bridgehead atoms. The molecular formula is C43H27N3S. The normalized spacial score (nSPS) is 11.4. The van der Waals surface area contributed by atoms with E-state index in [0.29, 0.717) is 17.5 Å². The molecule has 0 fully saturated rings. The molecule has 0 radical (unpaired) electrons. The molecule has 0 saturated heterocycles. The number of fused-ring (bicyclic) bond motifs is 4. The van der Waals surface area contributed by atoms with Crippen LogP contribution < -0.4 is 0 Å². The van der Waals surface area contributed by atoms with E-state index in [4.69, 9.17) is 15.0 Å². The largest absolute Gasteiger partial charge is 0.208 e. The molecule has 0 N–H and O–H groups in total. The van der Waals surface area contributed by atoms with E-state index < -0.39 is 0 Å². The molecule has 0 atom stereocenters. The minimum Gasteiger partial charge on any atom is -0.208 e. The van der Waals surface area contributed by atoms with E-state index in [1.807, 2.05) is 12.1 Å². The molecule has 0 spiro atoms. The Morgan fingerprint density at radius 1 is 0.340 bits per heavy atom. The van der Waals surface area contributed by atoms with E-state index in [2.05, 4.69) is 152 Å². The number of rotatable bonds is 5. The summed E-state index contributed by atoms with van der Waals surface area (Å²) in [5.41, 5.74) is 7.55. The molecule has 0 unspecified atom stereocenters. The second-order valence-electron chi connectivity index (χ2n) is 11.6. The molecule has 9 rings (SSSR count). The van der Waals surface area contributed by atoms with Gasteiger partial charge in [0.2, 0.25) is 0 Å². The van der Waals surface area contributed by atoms with Crippen LogP contribution in [0.25, 0.3) is 87.4 Å². The Balaban J connectivity index is 1.29. The molecule has 2 heterocycles. The molecule has 0 saturated carbocycles. The van der Waals surface area contributed by atoms with Crippen molar-refractivity contribution in [2.24, 2.45) is 0 Å². The lowest BCUT2D eigenvalue weighted by Crippen LogP contribution is -2.01. The molecule has 47 heavy (non-hydrogen) atoms. The van der Waals surface area contributed by atoms with Crippen LogP contribution in [-0.2, 0) is 0 Å². The molecule has 9 aromatic rings. The standard InChI is InChI=1S/C43H27N3S/c1-3-12-28(13-4-1)30-22-24-31(25-23-30)41-44-42(34-18-11-17-32(26-34)29-14-5-2-6-15-29)46-43(45-41)39-35-19-8-7-16-33(35)27-37-36-20-9-10-21-38(36)47-40(37)39/h1-27H. The van der Waals surface area contributed by atoms with Gasteiger partial charge in [-0.1, -0.05) is 146 Å². The molecule has 0 aliphatic heterocycles. The summed E-state index contributed by atoms with van der Waals surface area (Å²) in [7, 11) is 0. The van der Waals surface area contributed by atoms with Crippen LogP contribution in [0.4, 0.5) is 0 Å². The molecule has 0 amide bonds. The minimum absolute atomic E-state index is 0.650. The van der Waals surface area contributed by atoms with Crippen molar-refractivity contribution in [2.45, 2.75) is 0 Å². The predicted octanol–water partition coefficient (Wildman–Crippen LogP) is 11.7. The van der Waals surface area contributed by atoms with Crippen LogP contribution in [0.5, 0.6) is 0 Å². The lowest BCUT2D eigenvalue weighted by Gasteiger charge is -2.12. The number of aromatic nitrogens is 3. The van der Waals surface area contributed by atoms with Crippen LogP contribution in [-0.4, -0.2) is 15.0 Å². The molecule has 0 aliphatic carbocycles. The van der Waals surface area contributed by atoms with Gasteiger partial charge >= 0.3 is 0 Å². The summed E-state index contributed by atoms with van der Waals surface area (Å²) in [6.45, 7) is 0. The Morgan fingerprint density at radius 3 is 1.64 bits per heavy atom. The Hall–Kier alpha value is -5.97. The van der Waals surface area contributed by atoms with Gasteiger partial charge < -0.3 is 0 Å².